The number of nitrogens with zero attached hydrogens (tertiary/aromatic N) is 1. The van der Waals surface area contributed by atoms with Gasteiger partial charge in [0.05, 0.1) is 5.75 Å². The molecule has 2 unspecified atom stereocenters. The Hall–Kier alpha value is -1.93. The van der Waals surface area contributed by atoms with E-state index in [9.17, 15) is 23.1 Å². The Bertz CT molecular complexity index is 779. The molecular weight excluding hydrogens is 368 g/mol. The molecule has 1 aliphatic rings. The van der Waals surface area contributed by atoms with E-state index in [0.29, 0.717) is 24.9 Å². The van der Waals surface area contributed by atoms with Crippen molar-refractivity contribution in [1.82, 2.24) is 9.62 Å². The van der Waals surface area contributed by atoms with Gasteiger partial charge in [-0.15, -0.1) is 0 Å². The normalized spacial score (nSPS) is 20.1. The standard InChI is InChI=1S/C19H28N2O5S/c1-4-19(18(23)24,15-9-6-5-7-10-15)13-20-17(22)16(14(2)3)21-11-8-12-27(21,25)26/h5-7,9-10,14,16H,4,8,11-13H2,1-3H3,(H,20,22)(H,23,24). The van der Waals surface area contributed by atoms with Gasteiger partial charge in [-0.1, -0.05) is 51.1 Å². The zero-order valence-corrected chi connectivity index (χ0v) is 16.8. The molecule has 1 aromatic carbocycles. The molecule has 1 fully saturated rings. The van der Waals surface area contributed by atoms with Gasteiger partial charge in [0.25, 0.3) is 0 Å². The lowest BCUT2D eigenvalue weighted by Crippen LogP contribution is -2.54. The van der Waals surface area contributed by atoms with Crippen LogP contribution < -0.4 is 5.32 Å². The molecule has 1 aromatic rings. The van der Waals surface area contributed by atoms with E-state index >= 15 is 0 Å². The van der Waals surface area contributed by atoms with Crippen LogP contribution in [0.5, 0.6) is 0 Å². The van der Waals surface area contributed by atoms with Gasteiger partial charge in [0.2, 0.25) is 15.9 Å². The van der Waals surface area contributed by atoms with Crippen LogP contribution in [0.25, 0.3) is 0 Å². The molecule has 0 bridgehead atoms. The summed E-state index contributed by atoms with van der Waals surface area (Å²) in [5, 5.41) is 12.6. The SMILES string of the molecule is CCC(CNC(=O)C(C(C)C)N1CCCS1(=O)=O)(C(=O)O)c1ccccc1. The van der Waals surface area contributed by atoms with Crippen molar-refractivity contribution in [2.45, 2.75) is 45.1 Å². The lowest BCUT2D eigenvalue weighted by molar-refractivity contribution is -0.144. The third kappa shape index (κ3) is 4.32. The van der Waals surface area contributed by atoms with Crippen molar-refractivity contribution < 1.29 is 23.1 Å². The Labute approximate surface area is 160 Å². The second kappa shape index (κ2) is 8.39. The number of carboxylic acids is 1. The Morgan fingerprint density at radius 3 is 2.33 bits per heavy atom. The van der Waals surface area contributed by atoms with Crippen LogP contribution in [0.1, 0.15) is 39.2 Å². The molecule has 0 spiro atoms. The monoisotopic (exact) mass is 396 g/mol. The topological polar surface area (TPSA) is 104 Å². The van der Waals surface area contributed by atoms with Crippen molar-refractivity contribution in [1.29, 1.82) is 0 Å². The highest BCUT2D eigenvalue weighted by Crippen LogP contribution is 2.28. The predicted molar refractivity (Wildman–Crippen MR) is 103 cm³/mol. The first-order valence-electron chi connectivity index (χ1n) is 9.22. The van der Waals surface area contributed by atoms with Gasteiger partial charge in [0.15, 0.2) is 0 Å². The average molecular weight is 397 g/mol. The van der Waals surface area contributed by atoms with Crippen LogP contribution >= 0.6 is 0 Å². The van der Waals surface area contributed by atoms with Crippen LogP contribution in [0.15, 0.2) is 30.3 Å². The molecule has 0 saturated carbocycles. The molecule has 7 nitrogen and oxygen atoms in total. The highest BCUT2D eigenvalue weighted by atomic mass is 32.2. The summed E-state index contributed by atoms with van der Waals surface area (Å²) in [5.74, 6) is -1.66. The van der Waals surface area contributed by atoms with E-state index < -0.39 is 33.4 Å². The Morgan fingerprint density at radius 2 is 1.89 bits per heavy atom. The Balaban J connectivity index is 2.25. The summed E-state index contributed by atoms with van der Waals surface area (Å²) >= 11 is 0. The lowest BCUT2D eigenvalue weighted by atomic mass is 9.78. The molecule has 1 aliphatic heterocycles. The fourth-order valence-electron chi connectivity index (χ4n) is 3.62. The van der Waals surface area contributed by atoms with Gasteiger partial charge in [-0.3, -0.25) is 9.59 Å². The first-order chi connectivity index (χ1) is 12.7. The first kappa shape index (κ1) is 21.4. The number of hydrogen-bond donors (Lipinski definition) is 2. The molecule has 1 saturated heterocycles. The van der Waals surface area contributed by atoms with Crippen molar-refractivity contribution in [2.75, 3.05) is 18.8 Å². The smallest absolute Gasteiger partial charge is 0.315 e. The zero-order valence-electron chi connectivity index (χ0n) is 16.0. The van der Waals surface area contributed by atoms with Gasteiger partial charge in [-0.25, -0.2) is 8.42 Å². The Kier molecular flexibility index (Phi) is 6.64. The van der Waals surface area contributed by atoms with Crippen LogP contribution in [-0.2, 0) is 25.0 Å². The molecule has 0 aromatic heterocycles. The number of carbonyl (C=O) groups excluding carboxylic acids is 1. The summed E-state index contributed by atoms with van der Waals surface area (Å²) in [6.07, 6.45) is 0.790. The summed E-state index contributed by atoms with van der Waals surface area (Å²) in [6, 6.07) is 7.95. The van der Waals surface area contributed by atoms with Crippen LogP contribution in [0.3, 0.4) is 0 Å². The Morgan fingerprint density at radius 1 is 1.26 bits per heavy atom. The molecule has 27 heavy (non-hydrogen) atoms. The molecule has 2 N–H and O–H groups in total. The largest absolute Gasteiger partial charge is 0.481 e. The van der Waals surface area contributed by atoms with Gasteiger partial charge < -0.3 is 10.4 Å². The first-order valence-corrected chi connectivity index (χ1v) is 10.8. The van der Waals surface area contributed by atoms with E-state index in [2.05, 4.69) is 5.32 Å². The van der Waals surface area contributed by atoms with E-state index in [0.717, 1.165) is 0 Å². The van der Waals surface area contributed by atoms with Crippen LogP contribution in [0.4, 0.5) is 0 Å². The molecule has 150 valence electrons. The van der Waals surface area contributed by atoms with Crippen LogP contribution in [0.2, 0.25) is 0 Å². The van der Waals surface area contributed by atoms with E-state index in [-0.39, 0.29) is 18.2 Å². The number of benzene rings is 1. The van der Waals surface area contributed by atoms with Crippen molar-refractivity contribution in [3.05, 3.63) is 35.9 Å². The van der Waals surface area contributed by atoms with Gasteiger partial charge in [-0.2, -0.15) is 4.31 Å². The minimum Gasteiger partial charge on any atom is -0.481 e. The molecule has 1 heterocycles. The number of carboxylic acid groups (broad SMARTS) is 1. The van der Waals surface area contributed by atoms with E-state index in [1.165, 1.54) is 4.31 Å². The summed E-state index contributed by atoms with van der Waals surface area (Å²) in [7, 11) is -3.45. The third-order valence-electron chi connectivity index (χ3n) is 5.25. The van der Waals surface area contributed by atoms with Crippen molar-refractivity contribution in [3.63, 3.8) is 0 Å². The van der Waals surface area contributed by atoms with Gasteiger partial charge in [-0.05, 0) is 24.3 Å². The van der Waals surface area contributed by atoms with Crippen molar-refractivity contribution in [2.24, 2.45) is 5.92 Å². The summed E-state index contributed by atoms with van der Waals surface area (Å²) in [6.45, 7) is 5.56. The van der Waals surface area contributed by atoms with Crippen molar-refractivity contribution in [3.8, 4) is 0 Å². The number of nitrogens with one attached hydrogen (secondary N) is 1. The van der Waals surface area contributed by atoms with E-state index in [1.807, 2.05) is 0 Å². The molecule has 8 heteroatoms. The maximum atomic E-state index is 12.9. The highest BCUT2D eigenvalue weighted by molar-refractivity contribution is 7.89. The molecule has 2 atom stereocenters. The van der Waals surface area contributed by atoms with Gasteiger partial charge in [0, 0.05) is 13.1 Å². The van der Waals surface area contributed by atoms with Crippen LogP contribution in [0, 0.1) is 5.92 Å². The number of amides is 1. The van der Waals surface area contributed by atoms with E-state index in [4.69, 9.17) is 0 Å². The second-order valence-corrected chi connectivity index (χ2v) is 9.33. The lowest BCUT2D eigenvalue weighted by Gasteiger charge is -2.32. The number of aliphatic carboxylic acids is 1. The predicted octanol–water partition coefficient (Wildman–Crippen LogP) is 1.60. The maximum absolute atomic E-state index is 12.9. The molecule has 0 radical (unpaired) electrons. The minimum absolute atomic E-state index is 0.0432. The maximum Gasteiger partial charge on any atom is 0.315 e. The second-order valence-electron chi connectivity index (χ2n) is 7.29. The zero-order chi connectivity index (χ0) is 20.2. The number of hydrogen-bond acceptors (Lipinski definition) is 4. The summed E-state index contributed by atoms with van der Waals surface area (Å²) < 4.78 is 25.8. The average Bonchev–Trinajstić information content (AvgIpc) is 2.95. The quantitative estimate of drug-likeness (QED) is 0.695. The number of rotatable bonds is 8. The number of carbonyl (C=O) groups is 2. The fourth-order valence-corrected chi connectivity index (χ4v) is 5.44. The highest BCUT2D eigenvalue weighted by Gasteiger charge is 2.43. The third-order valence-corrected chi connectivity index (χ3v) is 7.18. The van der Waals surface area contributed by atoms with Gasteiger partial charge in [0.1, 0.15) is 11.5 Å². The number of sulfonamides is 1. The summed E-state index contributed by atoms with van der Waals surface area (Å²) in [5.41, 5.74) is -0.655. The minimum atomic E-state index is -3.45. The summed E-state index contributed by atoms with van der Waals surface area (Å²) in [4.78, 5) is 24.9. The van der Waals surface area contributed by atoms with Crippen molar-refractivity contribution >= 4 is 21.9 Å². The van der Waals surface area contributed by atoms with E-state index in [1.54, 1.807) is 51.1 Å². The molecule has 1 amide bonds. The van der Waals surface area contributed by atoms with Crippen LogP contribution in [-0.4, -0.2) is 54.6 Å². The molecule has 2 rings (SSSR count). The fraction of sp³-hybridized carbons (Fsp3) is 0.579. The molecule has 0 aliphatic carbocycles. The molecular formula is C19H28N2O5S. The van der Waals surface area contributed by atoms with Gasteiger partial charge >= 0.3 is 5.97 Å².